The first-order valence-electron chi connectivity index (χ1n) is 9.39. The van der Waals surface area contributed by atoms with Crippen molar-refractivity contribution in [3.63, 3.8) is 0 Å². The van der Waals surface area contributed by atoms with E-state index in [0.717, 1.165) is 30.0 Å². The highest BCUT2D eigenvalue weighted by molar-refractivity contribution is 5.79. The third-order valence-electron chi connectivity index (χ3n) is 5.58. The zero-order valence-electron chi connectivity index (χ0n) is 15.6. The standard InChI is InChI=1S/C19H23N7O/c1-12-5-14-15(8-21-12)22-10-23-18(14)27-13-7-20-11-26(9-13)17-6-16(24-25-17)19(2)3-4-19/h6-7,9-10,12,21H,3-5,8,11H2,1-2H3,(H,24,25)/t12-/m0/s1. The van der Waals surface area contributed by atoms with Gasteiger partial charge in [0.05, 0.1) is 18.1 Å². The van der Waals surface area contributed by atoms with Crippen molar-refractivity contribution < 1.29 is 4.74 Å². The fourth-order valence-electron chi connectivity index (χ4n) is 3.50. The molecular formula is C19H23N7O. The minimum absolute atomic E-state index is 0.262. The van der Waals surface area contributed by atoms with Crippen LogP contribution >= 0.6 is 0 Å². The highest BCUT2D eigenvalue weighted by atomic mass is 16.5. The van der Waals surface area contributed by atoms with Gasteiger partial charge < -0.3 is 15.0 Å². The molecule has 0 amide bonds. The first-order chi connectivity index (χ1) is 13.1. The molecule has 0 aromatic carbocycles. The molecule has 1 aliphatic carbocycles. The molecule has 8 nitrogen and oxygen atoms in total. The molecule has 0 spiro atoms. The maximum Gasteiger partial charge on any atom is 0.226 e. The molecule has 2 aromatic rings. The highest BCUT2D eigenvalue weighted by Gasteiger charge is 2.41. The van der Waals surface area contributed by atoms with Crippen molar-refractivity contribution in [3.05, 3.63) is 41.3 Å². The van der Waals surface area contributed by atoms with E-state index < -0.39 is 0 Å². The molecule has 0 saturated heterocycles. The van der Waals surface area contributed by atoms with Crippen LogP contribution in [0.15, 0.2) is 29.3 Å². The largest absolute Gasteiger partial charge is 0.435 e. The van der Waals surface area contributed by atoms with E-state index in [0.29, 0.717) is 24.3 Å². The van der Waals surface area contributed by atoms with Gasteiger partial charge in [-0.2, -0.15) is 5.10 Å². The van der Waals surface area contributed by atoms with Gasteiger partial charge in [0.2, 0.25) is 5.88 Å². The molecule has 4 heterocycles. The number of H-pyrrole nitrogens is 1. The molecule has 8 heteroatoms. The highest BCUT2D eigenvalue weighted by Crippen LogP contribution is 2.47. The number of anilines is 1. The van der Waals surface area contributed by atoms with E-state index in [4.69, 9.17) is 4.74 Å². The summed E-state index contributed by atoms with van der Waals surface area (Å²) >= 11 is 0. The second-order valence-electron chi connectivity index (χ2n) is 7.85. The van der Waals surface area contributed by atoms with Gasteiger partial charge in [0, 0.05) is 35.3 Å². The van der Waals surface area contributed by atoms with Crippen molar-refractivity contribution in [2.24, 2.45) is 4.99 Å². The monoisotopic (exact) mass is 365 g/mol. The molecule has 2 aliphatic heterocycles. The van der Waals surface area contributed by atoms with Crippen LogP contribution in [0.3, 0.4) is 0 Å². The Hall–Kier alpha value is -2.74. The molecule has 1 atom stereocenters. The number of aromatic nitrogens is 4. The van der Waals surface area contributed by atoms with Gasteiger partial charge in [-0.25, -0.2) is 9.97 Å². The number of fused-ring (bicyclic) bond motifs is 1. The van der Waals surface area contributed by atoms with E-state index in [1.54, 1.807) is 12.5 Å². The van der Waals surface area contributed by atoms with Crippen LogP contribution in [0.25, 0.3) is 0 Å². The minimum Gasteiger partial charge on any atom is -0.435 e. The van der Waals surface area contributed by atoms with Crippen LogP contribution in [0, 0.1) is 0 Å². The molecule has 0 bridgehead atoms. The van der Waals surface area contributed by atoms with Gasteiger partial charge in [0.1, 0.15) is 13.0 Å². The van der Waals surface area contributed by atoms with Gasteiger partial charge in [-0.1, -0.05) is 6.92 Å². The van der Waals surface area contributed by atoms with Crippen molar-refractivity contribution in [1.29, 1.82) is 0 Å². The van der Waals surface area contributed by atoms with Crippen molar-refractivity contribution >= 4 is 12.0 Å². The zero-order valence-corrected chi connectivity index (χ0v) is 15.6. The third-order valence-corrected chi connectivity index (χ3v) is 5.58. The fourth-order valence-corrected chi connectivity index (χ4v) is 3.50. The Morgan fingerprint density at radius 1 is 1.30 bits per heavy atom. The van der Waals surface area contributed by atoms with Crippen LogP contribution in [0.4, 0.5) is 5.82 Å². The summed E-state index contributed by atoms with van der Waals surface area (Å²) in [5, 5.41) is 11.0. The van der Waals surface area contributed by atoms with E-state index in [-0.39, 0.29) is 5.41 Å². The van der Waals surface area contributed by atoms with Gasteiger partial charge in [0.25, 0.3) is 0 Å². The summed E-state index contributed by atoms with van der Waals surface area (Å²) in [5.41, 5.74) is 3.52. The number of hydrogen-bond acceptors (Lipinski definition) is 7. The third kappa shape index (κ3) is 3.10. The second kappa shape index (κ2) is 6.16. The van der Waals surface area contributed by atoms with E-state index in [2.05, 4.69) is 50.4 Å². The summed E-state index contributed by atoms with van der Waals surface area (Å²) in [6.45, 7) is 5.68. The number of aliphatic imine (C=N–C) groups is 1. The Kier molecular flexibility index (Phi) is 3.75. The smallest absolute Gasteiger partial charge is 0.226 e. The van der Waals surface area contributed by atoms with E-state index >= 15 is 0 Å². The van der Waals surface area contributed by atoms with E-state index in [1.165, 1.54) is 18.5 Å². The second-order valence-corrected chi connectivity index (χ2v) is 7.85. The summed E-state index contributed by atoms with van der Waals surface area (Å²) in [6.07, 6.45) is 8.50. The van der Waals surface area contributed by atoms with Crippen molar-refractivity contribution in [3.8, 4) is 5.88 Å². The molecule has 140 valence electrons. The summed E-state index contributed by atoms with van der Waals surface area (Å²) < 4.78 is 6.09. The molecule has 0 radical (unpaired) electrons. The van der Waals surface area contributed by atoms with Crippen molar-refractivity contribution in [2.45, 2.75) is 51.1 Å². The van der Waals surface area contributed by atoms with Crippen LogP contribution in [0.2, 0.25) is 0 Å². The predicted octanol–water partition coefficient (Wildman–Crippen LogP) is 2.05. The lowest BCUT2D eigenvalue weighted by Crippen LogP contribution is -2.34. The Bertz CT molecular complexity index is 928. The van der Waals surface area contributed by atoms with Crippen molar-refractivity contribution in [1.82, 2.24) is 25.5 Å². The number of ether oxygens (including phenoxy) is 1. The normalized spacial score (nSPS) is 23.0. The summed E-state index contributed by atoms with van der Waals surface area (Å²) in [4.78, 5) is 15.1. The number of hydrogen-bond donors (Lipinski definition) is 2. The first kappa shape index (κ1) is 16.4. The van der Waals surface area contributed by atoms with Crippen LogP contribution < -0.4 is 15.0 Å². The Balaban J connectivity index is 1.38. The predicted molar refractivity (Wildman–Crippen MR) is 102 cm³/mol. The average Bonchev–Trinajstić information content (AvgIpc) is 3.23. The molecule has 3 aliphatic rings. The lowest BCUT2D eigenvalue weighted by Gasteiger charge is -2.24. The Morgan fingerprint density at radius 3 is 3.04 bits per heavy atom. The Morgan fingerprint density at radius 2 is 2.19 bits per heavy atom. The summed E-state index contributed by atoms with van der Waals surface area (Å²) in [6, 6.07) is 2.49. The van der Waals surface area contributed by atoms with Crippen LogP contribution in [0.1, 0.15) is 43.6 Å². The molecule has 5 rings (SSSR count). The molecule has 1 saturated carbocycles. The Labute approximate surface area is 157 Å². The van der Waals surface area contributed by atoms with Crippen molar-refractivity contribution in [2.75, 3.05) is 11.6 Å². The quantitative estimate of drug-likeness (QED) is 0.862. The maximum absolute atomic E-state index is 6.09. The van der Waals surface area contributed by atoms with Gasteiger partial charge >= 0.3 is 0 Å². The molecule has 27 heavy (non-hydrogen) atoms. The van der Waals surface area contributed by atoms with E-state index in [1.807, 2.05) is 11.1 Å². The molecule has 1 fully saturated rings. The lowest BCUT2D eigenvalue weighted by molar-refractivity contribution is 0.409. The number of aromatic amines is 1. The number of nitrogens with one attached hydrogen (secondary N) is 2. The fraction of sp³-hybridized carbons (Fsp3) is 0.474. The SMILES string of the molecule is C[C@H]1Cc2c(ncnc2OC2=CN(c3cc(C4(C)CC4)[nH]n3)CN=C2)CN1. The van der Waals surface area contributed by atoms with Gasteiger partial charge in [0.15, 0.2) is 11.6 Å². The molecule has 2 aromatic heterocycles. The minimum atomic E-state index is 0.262. The number of allylic oxidation sites excluding steroid dienone is 1. The number of rotatable bonds is 4. The molecular weight excluding hydrogens is 342 g/mol. The van der Waals surface area contributed by atoms with Crippen LogP contribution in [-0.2, 0) is 18.4 Å². The van der Waals surface area contributed by atoms with Gasteiger partial charge in [-0.15, -0.1) is 0 Å². The maximum atomic E-state index is 6.09. The van der Waals surface area contributed by atoms with Crippen LogP contribution in [-0.4, -0.2) is 39.1 Å². The van der Waals surface area contributed by atoms with Gasteiger partial charge in [-0.05, 0) is 26.2 Å². The lowest BCUT2D eigenvalue weighted by atomic mass is 10.0. The molecule has 2 N–H and O–H groups in total. The topological polar surface area (TPSA) is 91.3 Å². The van der Waals surface area contributed by atoms with Gasteiger partial charge in [-0.3, -0.25) is 10.1 Å². The number of nitrogens with zero attached hydrogens (tertiary/aromatic N) is 5. The van der Waals surface area contributed by atoms with Crippen LogP contribution in [0.5, 0.6) is 5.88 Å². The summed E-state index contributed by atoms with van der Waals surface area (Å²) in [7, 11) is 0. The average molecular weight is 365 g/mol. The molecule has 0 unspecified atom stereocenters. The zero-order chi connectivity index (χ0) is 18.4. The van der Waals surface area contributed by atoms with E-state index in [9.17, 15) is 0 Å². The first-order valence-corrected chi connectivity index (χ1v) is 9.39. The summed E-state index contributed by atoms with van der Waals surface area (Å²) in [5.74, 6) is 2.12.